The number of piperazine rings is 1. The van der Waals surface area contributed by atoms with Crippen molar-refractivity contribution in [1.29, 1.82) is 0 Å². The van der Waals surface area contributed by atoms with Crippen molar-refractivity contribution < 1.29 is 8.42 Å². The van der Waals surface area contributed by atoms with Crippen LogP contribution in [0.2, 0.25) is 0 Å². The zero-order chi connectivity index (χ0) is 18.7. The minimum absolute atomic E-state index is 0.373. The van der Waals surface area contributed by atoms with E-state index in [1.807, 2.05) is 19.2 Å². The van der Waals surface area contributed by atoms with E-state index in [4.69, 9.17) is 12.2 Å². The van der Waals surface area contributed by atoms with E-state index in [0.717, 1.165) is 12.8 Å². The standard InChI is InChI=1S/C17H25N5O2S2/c1-3-4-15-5-7-16(8-6-15)26(23,24)21-11-9-20(10-12-21)14-22-17(25)19(2)13-18-22/h5-8,13H,3-4,9-12,14H2,1-2H3. The summed E-state index contributed by atoms with van der Waals surface area (Å²) in [6.07, 6.45) is 3.70. The number of nitrogens with zero attached hydrogens (tertiary/aromatic N) is 5. The van der Waals surface area contributed by atoms with Gasteiger partial charge in [0.1, 0.15) is 6.33 Å². The molecule has 0 atom stereocenters. The fourth-order valence-corrected chi connectivity index (χ4v) is 4.66. The van der Waals surface area contributed by atoms with Crippen molar-refractivity contribution in [2.24, 2.45) is 7.05 Å². The third kappa shape index (κ3) is 4.06. The van der Waals surface area contributed by atoms with Gasteiger partial charge in [0.15, 0.2) is 4.77 Å². The predicted octanol–water partition coefficient (Wildman–Crippen LogP) is 1.87. The van der Waals surface area contributed by atoms with Gasteiger partial charge >= 0.3 is 0 Å². The van der Waals surface area contributed by atoms with Crippen molar-refractivity contribution in [1.82, 2.24) is 23.6 Å². The Morgan fingerprint density at radius 2 is 1.77 bits per heavy atom. The summed E-state index contributed by atoms with van der Waals surface area (Å²) in [5, 5.41) is 4.25. The summed E-state index contributed by atoms with van der Waals surface area (Å²) in [6, 6.07) is 7.27. The number of hydrogen-bond donors (Lipinski definition) is 0. The van der Waals surface area contributed by atoms with Gasteiger partial charge in [-0.3, -0.25) is 4.90 Å². The lowest BCUT2D eigenvalue weighted by Crippen LogP contribution is -2.48. The van der Waals surface area contributed by atoms with Crippen molar-refractivity contribution in [2.45, 2.75) is 31.3 Å². The van der Waals surface area contributed by atoms with E-state index in [-0.39, 0.29) is 0 Å². The molecule has 0 N–H and O–H groups in total. The van der Waals surface area contributed by atoms with Crippen LogP contribution < -0.4 is 0 Å². The Bertz CT molecular complexity index is 894. The molecule has 0 spiro atoms. The first-order valence-electron chi connectivity index (χ1n) is 8.81. The molecule has 0 aliphatic carbocycles. The molecule has 3 rings (SSSR count). The molecule has 1 aromatic heterocycles. The minimum Gasteiger partial charge on any atom is -0.310 e. The monoisotopic (exact) mass is 395 g/mol. The first-order chi connectivity index (χ1) is 12.4. The van der Waals surface area contributed by atoms with Crippen molar-refractivity contribution in [3.8, 4) is 0 Å². The van der Waals surface area contributed by atoms with E-state index in [2.05, 4.69) is 16.9 Å². The Labute approximate surface area is 159 Å². The third-order valence-electron chi connectivity index (χ3n) is 4.65. The number of aryl methyl sites for hydroxylation is 2. The smallest absolute Gasteiger partial charge is 0.243 e. The van der Waals surface area contributed by atoms with E-state index in [9.17, 15) is 8.42 Å². The molecule has 2 aromatic rings. The van der Waals surface area contributed by atoms with Gasteiger partial charge in [-0.1, -0.05) is 25.5 Å². The van der Waals surface area contributed by atoms with E-state index in [0.29, 0.717) is 42.5 Å². The first kappa shape index (κ1) is 19.2. The van der Waals surface area contributed by atoms with Crippen LogP contribution in [-0.2, 0) is 30.2 Å². The van der Waals surface area contributed by atoms with E-state index < -0.39 is 10.0 Å². The van der Waals surface area contributed by atoms with Gasteiger partial charge in [0.2, 0.25) is 10.0 Å². The highest BCUT2D eigenvalue weighted by molar-refractivity contribution is 7.89. The Morgan fingerprint density at radius 1 is 1.12 bits per heavy atom. The van der Waals surface area contributed by atoms with E-state index in [1.165, 1.54) is 5.56 Å². The van der Waals surface area contributed by atoms with E-state index in [1.54, 1.807) is 32.0 Å². The van der Waals surface area contributed by atoms with Gasteiger partial charge in [0.25, 0.3) is 0 Å². The molecule has 1 saturated heterocycles. The molecule has 26 heavy (non-hydrogen) atoms. The molecule has 1 fully saturated rings. The largest absolute Gasteiger partial charge is 0.310 e. The molecule has 7 nitrogen and oxygen atoms in total. The van der Waals surface area contributed by atoms with Crippen LogP contribution in [0.15, 0.2) is 35.5 Å². The van der Waals surface area contributed by atoms with Crippen molar-refractivity contribution >= 4 is 22.2 Å². The Balaban J connectivity index is 1.63. The lowest BCUT2D eigenvalue weighted by Gasteiger charge is -2.33. The van der Waals surface area contributed by atoms with Crippen molar-refractivity contribution in [2.75, 3.05) is 26.2 Å². The summed E-state index contributed by atoms with van der Waals surface area (Å²) in [5.74, 6) is 0. The number of aromatic nitrogens is 3. The predicted molar refractivity (Wildman–Crippen MR) is 103 cm³/mol. The first-order valence-corrected chi connectivity index (χ1v) is 10.7. The van der Waals surface area contributed by atoms with Crippen molar-refractivity contribution in [3.63, 3.8) is 0 Å². The Morgan fingerprint density at radius 3 is 2.31 bits per heavy atom. The average molecular weight is 396 g/mol. The number of benzene rings is 1. The summed E-state index contributed by atoms with van der Waals surface area (Å²) in [7, 11) is -1.57. The molecule has 2 heterocycles. The van der Waals surface area contributed by atoms with Gasteiger partial charge in [-0.05, 0) is 36.3 Å². The van der Waals surface area contributed by atoms with Gasteiger partial charge in [-0.25, -0.2) is 13.1 Å². The lowest BCUT2D eigenvalue weighted by molar-refractivity contribution is 0.144. The van der Waals surface area contributed by atoms with Crippen LogP contribution >= 0.6 is 12.2 Å². The number of rotatable bonds is 6. The molecule has 142 valence electrons. The topological polar surface area (TPSA) is 63.4 Å². The molecule has 9 heteroatoms. The van der Waals surface area contributed by atoms with E-state index >= 15 is 0 Å². The normalized spacial score (nSPS) is 16.8. The molecule has 0 saturated carbocycles. The summed E-state index contributed by atoms with van der Waals surface area (Å²) in [6.45, 7) is 4.96. The molecule has 0 bridgehead atoms. The molecule has 0 unspecified atom stereocenters. The number of sulfonamides is 1. The fourth-order valence-electron chi connectivity index (χ4n) is 3.08. The lowest BCUT2D eigenvalue weighted by atomic mass is 10.1. The quantitative estimate of drug-likeness (QED) is 0.699. The SMILES string of the molecule is CCCc1ccc(S(=O)(=O)N2CCN(Cn3ncn(C)c3=S)CC2)cc1. The second-order valence-electron chi connectivity index (χ2n) is 6.58. The maximum atomic E-state index is 12.8. The van der Waals surface area contributed by atoms with Crippen molar-refractivity contribution in [3.05, 3.63) is 40.9 Å². The highest BCUT2D eigenvalue weighted by Crippen LogP contribution is 2.19. The van der Waals surface area contributed by atoms with Gasteiger partial charge in [-0.15, -0.1) is 0 Å². The van der Waals surface area contributed by atoms with Crippen LogP contribution in [-0.4, -0.2) is 58.1 Å². The van der Waals surface area contributed by atoms with Crippen LogP contribution in [0.5, 0.6) is 0 Å². The van der Waals surface area contributed by atoms with Crippen LogP contribution in [0.1, 0.15) is 18.9 Å². The van der Waals surface area contributed by atoms with Gasteiger partial charge in [-0.2, -0.15) is 9.40 Å². The third-order valence-corrected chi connectivity index (χ3v) is 7.06. The zero-order valence-corrected chi connectivity index (χ0v) is 16.8. The fraction of sp³-hybridized carbons (Fsp3) is 0.529. The van der Waals surface area contributed by atoms with Gasteiger partial charge < -0.3 is 4.57 Å². The molecule has 1 aliphatic heterocycles. The molecule has 1 aromatic carbocycles. The highest BCUT2D eigenvalue weighted by Gasteiger charge is 2.28. The van der Waals surface area contributed by atoms with Crippen LogP contribution in [0, 0.1) is 4.77 Å². The molecular formula is C17H25N5O2S2. The summed E-state index contributed by atoms with van der Waals surface area (Å²) >= 11 is 5.30. The van der Waals surface area contributed by atoms with Crippen LogP contribution in [0.25, 0.3) is 0 Å². The average Bonchev–Trinajstić information content (AvgIpc) is 2.95. The summed E-state index contributed by atoms with van der Waals surface area (Å²) in [5.41, 5.74) is 1.17. The second kappa shape index (κ2) is 7.99. The summed E-state index contributed by atoms with van der Waals surface area (Å²) < 4.78 is 31.5. The zero-order valence-electron chi connectivity index (χ0n) is 15.2. The molecular weight excluding hydrogens is 370 g/mol. The van der Waals surface area contributed by atoms with Crippen LogP contribution in [0.3, 0.4) is 0 Å². The molecule has 0 amide bonds. The molecule has 0 radical (unpaired) electrons. The Kier molecular flexibility index (Phi) is 5.91. The Hall–Kier alpha value is -1.55. The molecule has 1 aliphatic rings. The van der Waals surface area contributed by atoms with Gasteiger partial charge in [0.05, 0.1) is 11.6 Å². The highest BCUT2D eigenvalue weighted by atomic mass is 32.2. The second-order valence-corrected chi connectivity index (χ2v) is 8.88. The maximum Gasteiger partial charge on any atom is 0.243 e. The van der Waals surface area contributed by atoms with Gasteiger partial charge in [0, 0.05) is 33.2 Å². The maximum absolute atomic E-state index is 12.8. The minimum atomic E-state index is -3.43. The van der Waals surface area contributed by atoms with Crippen LogP contribution in [0.4, 0.5) is 0 Å². The number of hydrogen-bond acceptors (Lipinski definition) is 5. The summed E-state index contributed by atoms with van der Waals surface area (Å²) in [4.78, 5) is 2.54.